The topological polar surface area (TPSA) is 29.5 Å². The summed E-state index contributed by atoms with van der Waals surface area (Å²) >= 11 is 0. The van der Waals surface area contributed by atoms with E-state index in [9.17, 15) is 4.79 Å². The van der Waals surface area contributed by atoms with Gasteiger partial charge in [0.1, 0.15) is 5.75 Å². The summed E-state index contributed by atoms with van der Waals surface area (Å²) in [5.74, 6) is 1.42. The molecule has 0 bridgehead atoms. The van der Waals surface area contributed by atoms with E-state index in [1.165, 1.54) is 19.3 Å². The third-order valence-electron chi connectivity index (χ3n) is 3.79. The Labute approximate surface area is 115 Å². The molecule has 1 amide bonds. The summed E-state index contributed by atoms with van der Waals surface area (Å²) in [4.78, 5) is 13.8. The highest BCUT2D eigenvalue weighted by Gasteiger charge is 2.23. The zero-order chi connectivity index (χ0) is 13.5. The highest BCUT2D eigenvalue weighted by atomic mass is 16.6. The van der Waals surface area contributed by atoms with Crippen molar-refractivity contribution in [1.82, 2.24) is 4.90 Å². The molecule has 0 unspecified atom stereocenters. The Morgan fingerprint density at radius 1 is 1.26 bits per heavy atom. The van der Waals surface area contributed by atoms with Crippen LogP contribution in [0.1, 0.15) is 39.0 Å². The maximum atomic E-state index is 12.0. The third kappa shape index (κ3) is 4.27. The van der Waals surface area contributed by atoms with Gasteiger partial charge in [0, 0.05) is 13.1 Å². The molecule has 1 saturated heterocycles. The van der Waals surface area contributed by atoms with Gasteiger partial charge in [-0.15, -0.1) is 0 Å². The molecule has 1 heterocycles. The summed E-state index contributed by atoms with van der Waals surface area (Å²) in [7, 11) is 0. The third-order valence-corrected chi connectivity index (χ3v) is 3.79. The Hall–Kier alpha value is -1.51. The van der Waals surface area contributed by atoms with Crippen molar-refractivity contribution in [1.29, 1.82) is 0 Å². The Balaban J connectivity index is 1.76. The molecular weight excluding hydrogens is 238 g/mol. The first kappa shape index (κ1) is 13.9. The van der Waals surface area contributed by atoms with Gasteiger partial charge < -0.3 is 9.64 Å². The van der Waals surface area contributed by atoms with Crippen LogP contribution >= 0.6 is 0 Å². The van der Waals surface area contributed by atoms with Gasteiger partial charge in [-0.2, -0.15) is 0 Å². The fourth-order valence-electron chi connectivity index (χ4n) is 2.55. The molecule has 0 aromatic heterocycles. The van der Waals surface area contributed by atoms with Crippen LogP contribution in [0.4, 0.5) is 4.79 Å². The van der Waals surface area contributed by atoms with Crippen LogP contribution in [0.5, 0.6) is 5.75 Å². The number of amides is 1. The zero-order valence-corrected chi connectivity index (χ0v) is 11.7. The molecule has 0 N–H and O–H groups in total. The molecule has 1 fully saturated rings. The molecule has 1 aliphatic heterocycles. The lowest BCUT2D eigenvalue weighted by atomic mass is 9.92. The van der Waals surface area contributed by atoms with Gasteiger partial charge in [0.15, 0.2) is 0 Å². The zero-order valence-electron chi connectivity index (χ0n) is 11.7. The maximum Gasteiger partial charge on any atom is 0.415 e. The number of likely N-dealkylation sites (tertiary alicyclic amines) is 1. The first-order chi connectivity index (χ1) is 9.29. The average Bonchev–Trinajstić information content (AvgIpc) is 2.46. The van der Waals surface area contributed by atoms with Crippen molar-refractivity contribution in [2.24, 2.45) is 5.92 Å². The average molecular weight is 261 g/mol. The van der Waals surface area contributed by atoms with Crippen molar-refractivity contribution in [2.45, 2.75) is 39.0 Å². The van der Waals surface area contributed by atoms with Crippen molar-refractivity contribution in [2.75, 3.05) is 13.1 Å². The number of unbranched alkanes of at least 4 members (excludes halogenated alkanes) is 1. The van der Waals surface area contributed by atoms with Crippen LogP contribution in [0.3, 0.4) is 0 Å². The van der Waals surface area contributed by atoms with E-state index in [0.717, 1.165) is 31.8 Å². The monoisotopic (exact) mass is 261 g/mol. The number of hydrogen-bond acceptors (Lipinski definition) is 2. The van der Waals surface area contributed by atoms with E-state index in [1.807, 2.05) is 35.2 Å². The second kappa shape index (κ2) is 7.17. The highest BCUT2D eigenvalue weighted by Crippen LogP contribution is 2.23. The highest BCUT2D eigenvalue weighted by molar-refractivity contribution is 5.70. The van der Waals surface area contributed by atoms with Crippen LogP contribution in [0.2, 0.25) is 0 Å². The molecule has 19 heavy (non-hydrogen) atoms. The molecule has 1 aliphatic rings. The lowest BCUT2D eigenvalue weighted by Crippen LogP contribution is -2.40. The number of benzene rings is 1. The van der Waals surface area contributed by atoms with Crippen molar-refractivity contribution in [3.8, 4) is 5.75 Å². The van der Waals surface area contributed by atoms with E-state index in [4.69, 9.17) is 4.74 Å². The van der Waals surface area contributed by atoms with Crippen molar-refractivity contribution < 1.29 is 9.53 Å². The van der Waals surface area contributed by atoms with E-state index in [2.05, 4.69) is 6.92 Å². The smallest absolute Gasteiger partial charge is 0.410 e. The minimum atomic E-state index is -0.208. The number of piperidine rings is 1. The van der Waals surface area contributed by atoms with Crippen LogP contribution in [0.25, 0.3) is 0 Å². The maximum absolute atomic E-state index is 12.0. The van der Waals surface area contributed by atoms with Crippen LogP contribution in [0.15, 0.2) is 30.3 Å². The molecule has 3 heteroatoms. The van der Waals surface area contributed by atoms with Gasteiger partial charge in [0.25, 0.3) is 0 Å². The van der Waals surface area contributed by atoms with Gasteiger partial charge in [-0.1, -0.05) is 44.4 Å². The van der Waals surface area contributed by atoms with Crippen molar-refractivity contribution >= 4 is 6.09 Å². The minimum Gasteiger partial charge on any atom is -0.410 e. The summed E-state index contributed by atoms with van der Waals surface area (Å²) in [6, 6.07) is 9.29. The SMILES string of the molecule is CCCCC1CCN(C(=O)Oc2ccccc2)CC1. The molecular formula is C16H23NO2. The molecule has 104 valence electrons. The molecule has 1 aromatic carbocycles. The summed E-state index contributed by atoms with van der Waals surface area (Å²) in [6.45, 7) is 3.90. The Morgan fingerprint density at radius 2 is 1.95 bits per heavy atom. The number of rotatable bonds is 4. The second-order valence-electron chi connectivity index (χ2n) is 5.25. The van der Waals surface area contributed by atoms with Crippen molar-refractivity contribution in [3.63, 3.8) is 0 Å². The number of carbonyl (C=O) groups is 1. The lowest BCUT2D eigenvalue weighted by molar-refractivity contribution is 0.129. The lowest BCUT2D eigenvalue weighted by Gasteiger charge is -2.31. The van der Waals surface area contributed by atoms with Crippen LogP contribution in [-0.4, -0.2) is 24.1 Å². The Bertz CT molecular complexity index is 383. The van der Waals surface area contributed by atoms with Gasteiger partial charge in [-0.3, -0.25) is 0 Å². The molecule has 0 saturated carbocycles. The minimum absolute atomic E-state index is 0.208. The predicted octanol–water partition coefficient (Wildman–Crippen LogP) is 4.09. The summed E-state index contributed by atoms with van der Waals surface area (Å²) in [6.07, 6.45) is 5.89. The van der Waals surface area contributed by atoms with E-state index in [-0.39, 0.29) is 6.09 Å². The van der Waals surface area contributed by atoms with E-state index in [0.29, 0.717) is 5.75 Å². The summed E-state index contributed by atoms with van der Waals surface area (Å²) < 4.78 is 5.36. The quantitative estimate of drug-likeness (QED) is 0.817. The molecule has 3 nitrogen and oxygen atoms in total. The van der Waals surface area contributed by atoms with Crippen molar-refractivity contribution in [3.05, 3.63) is 30.3 Å². The normalized spacial score (nSPS) is 16.4. The van der Waals surface area contributed by atoms with Crippen LogP contribution < -0.4 is 4.74 Å². The van der Waals surface area contributed by atoms with Gasteiger partial charge in [0.2, 0.25) is 0 Å². The predicted molar refractivity (Wildman–Crippen MR) is 76.3 cm³/mol. The number of carbonyl (C=O) groups excluding carboxylic acids is 1. The Morgan fingerprint density at radius 3 is 2.58 bits per heavy atom. The Kier molecular flexibility index (Phi) is 5.25. The first-order valence-corrected chi connectivity index (χ1v) is 7.31. The molecule has 0 atom stereocenters. The van der Waals surface area contributed by atoms with E-state index >= 15 is 0 Å². The van der Waals surface area contributed by atoms with Crippen LogP contribution in [0, 0.1) is 5.92 Å². The number of nitrogens with zero attached hydrogens (tertiary/aromatic N) is 1. The number of ether oxygens (including phenoxy) is 1. The van der Waals surface area contributed by atoms with E-state index in [1.54, 1.807) is 0 Å². The fraction of sp³-hybridized carbons (Fsp3) is 0.562. The second-order valence-corrected chi connectivity index (χ2v) is 5.25. The van der Waals surface area contributed by atoms with Gasteiger partial charge in [-0.25, -0.2) is 4.79 Å². The van der Waals surface area contributed by atoms with Crippen LogP contribution in [-0.2, 0) is 0 Å². The largest absolute Gasteiger partial charge is 0.415 e. The molecule has 0 aliphatic carbocycles. The van der Waals surface area contributed by atoms with Gasteiger partial charge in [-0.05, 0) is 30.9 Å². The molecule has 0 radical (unpaired) electrons. The number of hydrogen-bond donors (Lipinski definition) is 0. The van der Waals surface area contributed by atoms with Gasteiger partial charge in [0.05, 0.1) is 0 Å². The summed E-state index contributed by atoms with van der Waals surface area (Å²) in [5, 5.41) is 0. The summed E-state index contributed by atoms with van der Waals surface area (Å²) in [5.41, 5.74) is 0. The molecule has 0 spiro atoms. The molecule has 1 aromatic rings. The molecule has 2 rings (SSSR count). The van der Waals surface area contributed by atoms with E-state index < -0.39 is 0 Å². The van der Waals surface area contributed by atoms with Gasteiger partial charge >= 0.3 is 6.09 Å². The number of para-hydroxylation sites is 1. The first-order valence-electron chi connectivity index (χ1n) is 7.31. The standard InChI is InChI=1S/C16H23NO2/c1-2-3-7-14-10-12-17(13-11-14)16(18)19-15-8-5-4-6-9-15/h4-6,8-9,14H,2-3,7,10-13H2,1H3. The fourth-order valence-corrected chi connectivity index (χ4v) is 2.55.